The van der Waals surface area contributed by atoms with Gasteiger partial charge in [-0.05, 0) is 48.7 Å². The fourth-order valence-electron chi connectivity index (χ4n) is 4.09. The van der Waals surface area contributed by atoms with Crippen LogP contribution in [-0.4, -0.2) is 41.5 Å². The molecule has 2 heterocycles. The number of methoxy groups -OCH3 is 1. The van der Waals surface area contributed by atoms with Crippen LogP contribution in [0.25, 0.3) is 11.3 Å². The highest BCUT2D eigenvalue weighted by Crippen LogP contribution is 2.39. The summed E-state index contributed by atoms with van der Waals surface area (Å²) in [6.45, 7) is 1.29. The molecule has 1 aliphatic rings. The molecule has 1 aliphatic heterocycles. The lowest BCUT2D eigenvalue weighted by Gasteiger charge is -2.41. The standard InChI is InChI=1S/C23H22ClN3O3/c1-30-22(29)23(16-5-4-6-17(24)13-16)9-11-27(12-10-23)18-14-20(26-25-15-18)19-7-2-3-8-21(19)28/h2-8,13-15,28H,9-12H2,1H3. The average molecular weight is 424 g/mol. The number of halogens is 1. The van der Waals surface area contributed by atoms with Gasteiger partial charge in [-0.3, -0.25) is 4.79 Å². The second-order valence-corrected chi connectivity index (χ2v) is 7.82. The number of aromatic nitrogens is 2. The van der Waals surface area contributed by atoms with Crippen LogP contribution in [-0.2, 0) is 14.9 Å². The molecule has 0 atom stereocenters. The van der Waals surface area contributed by atoms with Crippen molar-refractivity contribution < 1.29 is 14.6 Å². The quantitative estimate of drug-likeness (QED) is 0.633. The molecular formula is C23H22ClN3O3. The second-order valence-electron chi connectivity index (χ2n) is 7.39. The Morgan fingerprint density at radius 2 is 1.90 bits per heavy atom. The summed E-state index contributed by atoms with van der Waals surface area (Å²) < 4.78 is 5.17. The lowest BCUT2D eigenvalue weighted by molar-refractivity contribution is -0.148. The molecule has 0 radical (unpaired) electrons. The number of nitrogens with zero attached hydrogens (tertiary/aromatic N) is 3. The number of hydrogen-bond acceptors (Lipinski definition) is 6. The monoisotopic (exact) mass is 423 g/mol. The van der Waals surface area contributed by atoms with Gasteiger partial charge in [0.2, 0.25) is 0 Å². The summed E-state index contributed by atoms with van der Waals surface area (Å²) in [7, 11) is 1.42. The zero-order chi connectivity index (χ0) is 21.1. The van der Waals surface area contributed by atoms with E-state index >= 15 is 0 Å². The van der Waals surface area contributed by atoms with Crippen LogP contribution >= 0.6 is 11.6 Å². The molecule has 1 aromatic heterocycles. The highest BCUT2D eigenvalue weighted by molar-refractivity contribution is 6.30. The summed E-state index contributed by atoms with van der Waals surface area (Å²) in [6, 6.07) is 16.4. The van der Waals surface area contributed by atoms with Crippen molar-refractivity contribution in [2.45, 2.75) is 18.3 Å². The maximum absolute atomic E-state index is 12.8. The molecule has 3 aromatic rings. The van der Waals surface area contributed by atoms with Crippen molar-refractivity contribution in [3.63, 3.8) is 0 Å². The van der Waals surface area contributed by atoms with Gasteiger partial charge < -0.3 is 14.7 Å². The Kier molecular flexibility index (Phi) is 5.59. The normalized spacial score (nSPS) is 15.6. The molecule has 0 unspecified atom stereocenters. The van der Waals surface area contributed by atoms with E-state index in [2.05, 4.69) is 15.1 Å². The minimum atomic E-state index is -0.725. The van der Waals surface area contributed by atoms with E-state index in [0.29, 0.717) is 42.2 Å². The zero-order valence-electron chi connectivity index (χ0n) is 16.6. The third-order valence-electron chi connectivity index (χ3n) is 5.76. The predicted octanol–water partition coefficient (Wildman–Crippen LogP) is 4.21. The van der Waals surface area contributed by atoms with E-state index in [1.807, 2.05) is 30.3 Å². The van der Waals surface area contributed by atoms with Gasteiger partial charge in [-0.25, -0.2) is 0 Å². The van der Waals surface area contributed by atoms with Crippen LogP contribution in [0.4, 0.5) is 5.69 Å². The summed E-state index contributed by atoms with van der Waals surface area (Å²) in [5.41, 5.74) is 2.28. The second kappa shape index (κ2) is 8.32. The van der Waals surface area contributed by atoms with Crippen LogP contribution in [0.15, 0.2) is 60.8 Å². The fourth-order valence-corrected chi connectivity index (χ4v) is 4.28. The Bertz CT molecular complexity index is 1060. The summed E-state index contributed by atoms with van der Waals surface area (Å²) in [4.78, 5) is 15.0. The van der Waals surface area contributed by atoms with E-state index in [1.165, 1.54) is 7.11 Å². The maximum atomic E-state index is 12.8. The van der Waals surface area contributed by atoms with E-state index in [1.54, 1.807) is 30.5 Å². The fraction of sp³-hybridized carbons (Fsp3) is 0.261. The first kappa shape index (κ1) is 20.2. The van der Waals surface area contributed by atoms with Crippen LogP contribution < -0.4 is 4.90 Å². The first-order chi connectivity index (χ1) is 14.5. The first-order valence-corrected chi connectivity index (χ1v) is 10.1. The van der Waals surface area contributed by atoms with Gasteiger partial charge in [0.1, 0.15) is 5.75 Å². The number of aromatic hydroxyl groups is 1. The van der Waals surface area contributed by atoms with Gasteiger partial charge in [0.25, 0.3) is 0 Å². The van der Waals surface area contributed by atoms with Crippen molar-refractivity contribution in [3.8, 4) is 17.0 Å². The molecule has 2 aromatic carbocycles. The number of hydrogen-bond donors (Lipinski definition) is 1. The van der Waals surface area contributed by atoms with E-state index in [4.69, 9.17) is 16.3 Å². The highest BCUT2D eigenvalue weighted by atomic mass is 35.5. The largest absolute Gasteiger partial charge is 0.507 e. The molecule has 30 heavy (non-hydrogen) atoms. The number of benzene rings is 2. The number of piperidine rings is 1. The van der Waals surface area contributed by atoms with Gasteiger partial charge >= 0.3 is 5.97 Å². The smallest absolute Gasteiger partial charge is 0.316 e. The Hall–Kier alpha value is -3.12. The van der Waals surface area contributed by atoms with Crippen LogP contribution in [0.2, 0.25) is 5.02 Å². The molecule has 0 aliphatic carbocycles. The molecular weight excluding hydrogens is 402 g/mol. The Morgan fingerprint density at radius 3 is 2.60 bits per heavy atom. The van der Waals surface area contributed by atoms with Gasteiger partial charge in [-0.15, -0.1) is 0 Å². The number of rotatable bonds is 4. The average Bonchev–Trinajstić information content (AvgIpc) is 2.79. The Morgan fingerprint density at radius 1 is 1.13 bits per heavy atom. The molecule has 0 saturated carbocycles. The summed E-state index contributed by atoms with van der Waals surface area (Å²) in [5, 5.41) is 19.0. The molecule has 0 bridgehead atoms. The van der Waals surface area contributed by atoms with E-state index in [0.717, 1.165) is 11.3 Å². The van der Waals surface area contributed by atoms with Crippen molar-refractivity contribution in [2.24, 2.45) is 0 Å². The number of anilines is 1. The van der Waals surface area contributed by atoms with E-state index in [9.17, 15) is 9.90 Å². The minimum Gasteiger partial charge on any atom is -0.507 e. The minimum absolute atomic E-state index is 0.160. The van der Waals surface area contributed by atoms with E-state index < -0.39 is 5.41 Å². The number of carbonyl (C=O) groups excluding carboxylic acids is 1. The SMILES string of the molecule is COC(=O)C1(c2cccc(Cl)c2)CCN(c2cnnc(-c3ccccc3O)c2)CC1. The van der Waals surface area contributed by atoms with Gasteiger partial charge in [0.15, 0.2) is 0 Å². The third kappa shape index (κ3) is 3.71. The summed E-state index contributed by atoms with van der Waals surface area (Å²) >= 11 is 6.19. The molecule has 6 nitrogen and oxygen atoms in total. The molecule has 0 spiro atoms. The van der Waals surface area contributed by atoms with E-state index in [-0.39, 0.29) is 11.7 Å². The van der Waals surface area contributed by atoms with Crippen LogP contribution in [0.5, 0.6) is 5.75 Å². The van der Waals surface area contributed by atoms with Crippen molar-refractivity contribution in [1.82, 2.24) is 10.2 Å². The lowest BCUT2D eigenvalue weighted by Crippen LogP contribution is -2.48. The summed E-state index contributed by atoms with van der Waals surface area (Å²) in [5.74, 6) is -0.0829. The lowest BCUT2D eigenvalue weighted by atomic mass is 9.72. The molecule has 1 saturated heterocycles. The van der Waals surface area contributed by atoms with Crippen molar-refractivity contribution in [2.75, 3.05) is 25.1 Å². The zero-order valence-corrected chi connectivity index (χ0v) is 17.3. The van der Waals surface area contributed by atoms with Crippen LogP contribution in [0.3, 0.4) is 0 Å². The highest BCUT2D eigenvalue weighted by Gasteiger charge is 2.44. The number of phenolic OH excluding ortho intramolecular Hbond substituents is 1. The van der Waals surface area contributed by atoms with Crippen LogP contribution in [0, 0.1) is 0 Å². The van der Waals surface area contributed by atoms with Gasteiger partial charge in [-0.2, -0.15) is 10.2 Å². The van der Waals surface area contributed by atoms with Crippen molar-refractivity contribution in [3.05, 3.63) is 71.4 Å². The molecule has 4 rings (SSSR count). The molecule has 7 heteroatoms. The number of carbonyl (C=O) groups is 1. The number of phenols is 1. The van der Waals surface area contributed by atoms with Gasteiger partial charge in [0.05, 0.1) is 30.1 Å². The number of para-hydroxylation sites is 1. The molecule has 154 valence electrons. The van der Waals surface area contributed by atoms with Crippen molar-refractivity contribution >= 4 is 23.3 Å². The Balaban J connectivity index is 1.60. The summed E-state index contributed by atoms with van der Waals surface area (Å²) in [6.07, 6.45) is 2.89. The molecule has 1 N–H and O–H groups in total. The van der Waals surface area contributed by atoms with Gasteiger partial charge in [-0.1, -0.05) is 35.9 Å². The Labute approximate surface area is 180 Å². The molecule has 1 fully saturated rings. The topological polar surface area (TPSA) is 75.5 Å². The third-order valence-corrected chi connectivity index (χ3v) is 5.99. The number of ether oxygens (including phenoxy) is 1. The predicted molar refractivity (Wildman–Crippen MR) is 116 cm³/mol. The molecule has 0 amide bonds. The number of esters is 1. The van der Waals surface area contributed by atoms with Crippen molar-refractivity contribution in [1.29, 1.82) is 0 Å². The first-order valence-electron chi connectivity index (χ1n) is 9.74. The van der Waals surface area contributed by atoms with Gasteiger partial charge in [0, 0.05) is 23.7 Å². The maximum Gasteiger partial charge on any atom is 0.316 e. The van der Waals surface area contributed by atoms with Crippen LogP contribution in [0.1, 0.15) is 18.4 Å².